The van der Waals surface area contributed by atoms with E-state index in [-0.39, 0.29) is 71.7 Å². The molecule has 3 aliphatic heterocycles. The second-order valence-corrected chi connectivity index (χ2v) is 17.6. The average molecular weight is 880 g/mol. The molecule has 1 aromatic heterocycles. The van der Waals surface area contributed by atoms with Gasteiger partial charge >= 0.3 is 11.9 Å². The van der Waals surface area contributed by atoms with Gasteiger partial charge in [-0.3, -0.25) is 24.5 Å². The number of imide groups is 1. The Morgan fingerprint density at radius 1 is 0.917 bits per heavy atom. The number of nitrogens with one attached hydrogen (secondary N) is 3. The van der Waals surface area contributed by atoms with Crippen LogP contribution in [0, 0.1) is 0 Å². The summed E-state index contributed by atoms with van der Waals surface area (Å²) >= 11 is 7.33. The number of hydrogen-bond donors (Lipinski definition) is 5. The van der Waals surface area contributed by atoms with Crippen LogP contribution in [0.3, 0.4) is 0 Å². The number of aromatic carboxylic acids is 1. The molecule has 3 aromatic carbocycles. The normalized spacial score (nSPS) is 17.2. The van der Waals surface area contributed by atoms with Crippen LogP contribution in [-0.4, -0.2) is 102 Å². The predicted octanol–water partition coefficient (Wildman–Crippen LogP) is 4.41. The van der Waals surface area contributed by atoms with E-state index in [4.69, 9.17) is 26.2 Å². The first kappa shape index (κ1) is 42.1. The third-order valence-corrected chi connectivity index (χ3v) is 13.7. The van der Waals surface area contributed by atoms with Gasteiger partial charge in [-0.15, -0.1) is 11.3 Å². The number of rotatable bonds is 15. The lowest BCUT2D eigenvalue weighted by Gasteiger charge is -2.32. The van der Waals surface area contributed by atoms with Gasteiger partial charge in [0.25, 0.3) is 11.8 Å². The number of carboxylic acids is 2. The Labute approximate surface area is 352 Å². The smallest absolute Gasteiger partial charge is 0.349 e. The number of aliphatic carboxylic acids is 1. The number of carbonyl (C=O) groups is 6. The molecular weight excluding hydrogens is 842 g/mol. The number of piperidine rings is 2. The van der Waals surface area contributed by atoms with Gasteiger partial charge in [0.15, 0.2) is 23.8 Å². The monoisotopic (exact) mass is 879 g/mol. The first-order valence-corrected chi connectivity index (χ1v) is 21.5. The van der Waals surface area contributed by atoms with Crippen molar-refractivity contribution < 1.29 is 56.9 Å². The third kappa shape index (κ3) is 9.38. The number of carboxylic acid groups (broad SMARTS) is 2. The van der Waals surface area contributed by atoms with Gasteiger partial charge < -0.3 is 35.2 Å². The minimum absolute atomic E-state index is 0.00969. The maximum absolute atomic E-state index is 13.5. The second kappa shape index (κ2) is 17.7. The summed E-state index contributed by atoms with van der Waals surface area (Å²) in [6.07, 6.45) is 1.34. The van der Waals surface area contributed by atoms with Gasteiger partial charge in [0.2, 0.25) is 21.8 Å². The van der Waals surface area contributed by atoms with Crippen molar-refractivity contribution in [3.05, 3.63) is 93.3 Å². The Hall–Kier alpha value is -6.02. The molecular formula is C40H38ClN5O12S2. The molecule has 3 aliphatic rings. The van der Waals surface area contributed by atoms with E-state index in [0.29, 0.717) is 57.1 Å². The van der Waals surface area contributed by atoms with E-state index in [1.54, 1.807) is 60.7 Å². The van der Waals surface area contributed by atoms with Crippen molar-refractivity contribution in [1.82, 2.24) is 14.5 Å². The molecule has 0 aliphatic carbocycles. The summed E-state index contributed by atoms with van der Waals surface area (Å²) in [5, 5.41) is 27.0. The van der Waals surface area contributed by atoms with Gasteiger partial charge in [0, 0.05) is 48.1 Å². The lowest BCUT2D eigenvalue weighted by atomic mass is 10.0. The highest BCUT2D eigenvalue weighted by Gasteiger charge is 2.40. The number of nitrogens with zero attached hydrogens (tertiary/aromatic N) is 2. The molecule has 4 heterocycles. The Balaban J connectivity index is 0.909. The topological polar surface area (TPSA) is 238 Å². The molecule has 0 bridgehead atoms. The summed E-state index contributed by atoms with van der Waals surface area (Å²) in [6, 6.07) is 17.6. The zero-order valence-electron chi connectivity index (χ0n) is 31.6. The average Bonchev–Trinajstić information content (AvgIpc) is 3.72. The van der Waals surface area contributed by atoms with Crippen LogP contribution in [0.5, 0.6) is 11.5 Å². The molecule has 60 heavy (non-hydrogen) atoms. The van der Waals surface area contributed by atoms with E-state index >= 15 is 0 Å². The van der Waals surface area contributed by atoms with Crippen LogP contribution < -0.4 is 25.4 Å². The molecule has 0 spiro atoms. The second-order valence-electron chi connectivity index (χ2n) is 14.3. The third-order valence-electron chi connectivity index (χ3n) is 10.1. The number of fused-ring (bicyclic) bond motifs is 1. The quantitative estimate of drug-likeness (QED) is 0.104. The Bertz CT molecular complexity index is 2500. The van der Waals surface area contributed by atoms with Crippen LogP contribution in [0.4, 0.5) is 11.4 Å². The molecule has 17 nitrogen and oxygen atoms in total. The fraction of sp³-hybridized carbons (Fsp3) is 0.300. The van der Waals surface area contributed by atoms with Gasteiger partial charge in [-0.25, -0.2) is 22.3 Å². The number of halogens is 1. The zero-order chi connectivity index (χ0) is 42.7. The van der Waals surface area contributed by atoms with Crippen LogP contribution in [0.2, 0.25) is 5.02 Å². The SMILES string of the molecule is O=C(O)COc1c(C(=O)O)sc(-c2cccc(NC3CCN(S(=O)(=O)Cc4cccc(NC(=O)COc5cccc6c5CN(C5CCC(=O)NC5=O)C6=O)c4)CC3)c2)c1Cl. The van der Waals surface area contributed by atoms with E-state index < -0.39 is 53.0 Å². The van der Waals surface area contributed by atoms with Gasteiger partial charge in [0.1, 0.15) is 16.8 Å². The van der Waals surface area contributed by atoms with Crippen LogP contribution in [0.25, 0.3) is 10.4 Å². The van der Waals surface area contributed by atoms with Crippen molar-refractivity contribution in [3.8, 4) is 21.9 Å². The van der Waals surface area contributed by atoms with E-state index in [1.807, 2.05) is 6.07 Å². The Morgan fingerprint density at radius 2 is 1.65 bits per heavy atom. The molecule has 314 valence electrons. The highest BCUT2D eigenvalue weighted by atomic mass is 35.5. The fourth-order valence-electron chi connectivity index (χ4n) is 7.32. The predicted molar refractivity (Wildman–Crippen MR) is 219 cm³/mol. The minimum atomic E-state index is -3.73. The van der Waals surface area contributed by atoms with Crippen molar-refractivity contribution in [3.63, 3.8) is 0 Å². The molecule has 0 radical (unpaired) electrons. The number of sulfonamides is 1. The number of ether oxygens (including phenoxy) is 2. The molecule has 4 amide bonds. The molecule has 1 atom stereocenters. The molecule has 5 N–H and O–H groups in total. The van der Waals surface area contributed by atoms with Gasteiger partial charge in [0.05, 0.1) is 17.2 Å². The van der Waals surface area contributed by atoms with Gasteiger partial charge in [-0.1, -0.05) is 41.9 Å². The molecule has 2 saturated heterocycles. The number of hydrogen-bond acceptors (Lipinski definition) is 12. The minimum Gasteiger partial charge on any atom is -0.483 e. The number of benzene rings is 3. The highest BCUT2D eigenvalue weighted by Crippen LogP contribution is 2.46. The Kier molecular flexibility index (Phi) is 12.4. The number of amides is 4. The van der Waals surface area contributed by atoms with Crippen molar-refractivity contribution in [2.24, 2.45) is 0 Å². The summed E-state index contributed by atoms with van der Waals surface area (Å²) in [5.41, 5.74) is 3.00. The van der Waals surface area contributed by atoms with Crippen molar-refractivity contribution >= 4 is 79.9 Å². The standard InChI is InChI=1S/C40H38ClN5O12S2/c41-34-35(58-20-33(49)50)37(40(53)54)59-36(34)23-5-2-7-26(17-23)42-24-12-14-45(15-13-24)60(55,56)21-22-4-1-6-25(16-22)43-32(48)19-57-30-9-3-8-27-28(30)18-46(39(27)52)29-10-11-31(47)44-38(29)51/h1-9,16-17,24,29,42H,10-15,18-21H2,(H,43,48)(H,49,50)(H,53,54)(H,44,47,51). The summed E-state index contributed by atoms with van der Waals surface area (Å²) in [5.74, 6) is -4.59. The van der Waals surface area contributed by atoms with Crippen LogP contribution in [0.15, 0.2) is 66.7 Å². The summed E-state index contributed by atoms with van der Waals surface area (Å²) < 4.78 is 39.5. The molecule has 1 unspecified atom stereocenters. The molecule has 7 rings (SSSR count). The summed E-state index contributed by atoms with van der Waals surface area (Å²) in [7, 11) is -3.73. The lowest BCUT2D eigenvalue weighted by Crippen LogP contribution is -2.52. The fourth-order valence-corrected chi connectivity index (χ4v) is 10.3. The summed E-state index contributed by atoms with van der Waals surface area (Å²) in [4.78, 5) is 74.5. The van der Waals surface area contributed by atoms with Crippen LogP contribution >= 0.6 is 22.9 Å². The molecule has 0 saturated carbocycles. The van der Waals surface area contributed by atoms with Crippen molar-refractivity contribution in [2.45, 2.75) is 50.1 Å². The first-order valence-electron chi connectivity index (χ1n) is 18.7. The van der Waals surface area contributed by atoms with Gasteiger partial charge in [-0.2, -0.15) is 0 Å². The number of carbonyl (C=O) groups excluding carboxylic acids is 4. The number of anilines is 2. The Morgan fingerprint density at radius 3 is 2.38 bits per heavy atom. The van der Waals surface area contributed by atoms with Gasteiger partial charge in [-0.05, 0) is 66.8 Å². The van der Waals surface area contributed by atoms with E-state index in [2.05, 4.69) is 16.0 Å². The highest BCUT2D eigenvalue weighted by molar-refractivity contribution is 7.88. The van der Waals surface area contributed by atoms with E-state index in [1.165, 1.54) is 9.21 Å². The van der Waals surface area contributed by atoms with Crippen LogP contribution in [0.1, 0.15) is 56.8 Å². The largest absolute Gasteiger partial charge is 0.483 e. The first-order chi connectivity index (χ1) is 28.7. The van der Waals surface area contributed by atoms with Crippen LogP contribution in [-0.2, 0) is 41.5 Å². The van der Waals surface area contributed by atoms with Crippen molar-refractivity contribution in [2.75, 3.05) is 36.9 Å². The molecule has 2 fully saturated rings. The molecule has 4 aromatic rings. The maximum Gasteiger partial charge on any atom is 0.349 e. The molecule has 20 heteroatoms. The van der Waals surface area contributed by atoms with E-state index in [0.717, 1.165) is 11.3 Å². The maximum atomic E-state index is 13.5. The summed E-state index contributed by atoms with van der Waals surface area (Å²) in [6.45, 7) is -0.559. The zero-order valence-corrected chi connectivity index (χ0v) is 34.0. The number of thiophene rings is 1. The van der Waals surface area contributed by atoms with E-state index in [9.17, 15) is 42.3 Å². The van der Waals surface area contributed by atoms with Crippen molar-refractivity contribution in [1.29, 1.82) is 0 Å². The lowest BCUT2D eigenvalue weighted by molar-refractivity contribution is -0.139.